The number of hydrogen-bond acceptors (Lipinski definition) is 3. The molecule has 1 saturated carbocycles. The Labute approximate surface area is 178 Å². The molecule has 0 spiro atoms. The molecular formula is C24H24BrNO3. The van der Waals surface area contributed by atoms with Gasteiger partial charge in [0, 0.05) is 11.0 Å². The Balaban J connectivity index is 1.96. The van der Waals surface area contributed by atoms with Crippen molar-refractivity contribution in [2.45, 2.75) is 44.4 Å². The van der Waals surface area contributed by atoms with E-state index in [1.54, 1.807) is 23.6 Å². The third-order valence-electron chi connectivity index (χ3n) is 5.58. The average molecular weight is 454 g/mol. The minimum absolute atomic E-state index is 0.119. The molecule has 1 fully saturated rings. The Bertz CT molecular complexity index is 1160. The minimum atomic E-state index is -0.547. The Kier molecular flexibility index (Phi) is 5.34. The highest BCUT2D eigenvalue weighted by atomic mass is 79.9. The highest BCUT2D eigenvalue weighted by Crippen LogP contribution is 2.43. The Hall–Kier alpha value is -2.40. The van der Waals surface area contributed by atoms with Gasteiger partial charge >= 0.3 is 5.97 Å². The summed E-state index contributed by atoms with van der Waals surface area (Å²) in [4.78, 5) is 25.6. The van der Waals surface area contributed by atoms with Gasteiger partial charge in [-0.2, -0.15) is 0 Å². The van der Waals surface area contributed by atoms with Gasteiger partial charge in [-0.3, -0.25) is 9.20 Å². The number of esters is 1. The number of rotatable bonds is 5. The molecule has 1 aliphatic rings. The first kappa shape index (κ1) is 19.9. The fourth-order valence-corrected chi connectivity index (χ4v) is 4.21. The van der Waals surface area contributed by atoms with Crippen LogP contribution in [0.15, 0.2) is 47.4 Å². The largest absolute Gasteiger partial charge is 0.462 e. The minimum Gasteiger partial charge on any atom is -0.462 e. The molecule has 2 heterocycles. The second-order valence-electron chi connectivity index (χ2n) is 7.63. The molecule has 1 aliphatic carbocycles. The summed E-state index contributed by atoms with van der Waals surface area (Å²) in [6.45, 7) is 6.16. The van der Waals surface area contributed by atoms with E-state index in [0.717, 1.165) is 40.6 Å². The molecule has 4 rings (SSSR count). The number of carbonyl (C=O) groups is 1. The Morgan fingerprint density at radius 3 is 2.69 bits per heavy atom. The summed E-state index contributed by atoms with van der Waals surface area (Å²) >= 11 is 3.64. The van der Waals surface area contributed by atoms with Crippen LogP contribution in [0.4, 0.5) is 0 Å². The number of nitrogens with zero attached hydrogens (tertiary/aromatic N) is 1. The lowest BCUT2D eigenvalue weighted by molar-refractivity contribution is 0.0524. The van der Waals surface area contributed by atoms with Crippen molar-refractivity contribution in [1.82, 2.24) is 4.40 Å². The molecule has 150 valence electrons. The number of benzene rings is 1. The van der Waals surface area contributed by atoms with Crippen LogP contribution in [-0.4, -0.2) is 17.0 Å². The molecule has 2 aromatic heterocycles. The van der Waals surface area contributed by atoms with Gasteiger partial charge in [0.25, 0.3) is 5.56 Å². The number of carbonyl (C=O) groups excluding carboxylic acids is 1. The van der Waals surface area contributed by atoms with E-state index in [9.17, 15) is 9.59 Å². The lowest BCUT2D eigenvalue weighted by Gasteiger charge is -2.16. The van der Waals surface area contributed by atoms with E-state index in [0.29, 0.717) is 5.92 Å². The van der Waals surface area contributed by atoms with Crippen LogP contribution in [0.25, 0.3) is 16.6 Å². The quantitative estimate of drug-likeness (QED) is 0.363. The van der Waals surface area contributed by atoms with Gasteiger partial charge in [-0.15, -0.1) is 0 Å². The van der Waals surface area contributed by atoms with Crippen LogP contribution >= 0.6 is 15.9 Å². The monoisotopic (exact) mass is 453 g/mol. The normalized spacial score (nSPS) is 14.8. The summed E-state index contributed by atoms with van der Waals surface area (Å²) in [6.07, 6.45) is 3.95. The maximum absolute atomic E-state index is 13.0. The van der Waals surface area contributed by atoms with Gasteiger partial charge in [0.15, 0.2) is 0 Å². The van der Waals surface area contributed by atoms with Crippen LogP contribution in [0, 0.1) is 6.92 Å². The number of hydrogen-bond donors (Lipinski definition) is 0. The molecule has 3 aromatic rings. The molecule has 29 heavy (non-hydrogen) atoms. The standard InChI is InChI=1S/C24H24BrNO3/c1-4-29-24(28)21-13-20(16-8-9-16)22-14(2)19(10-11-26(22)23(21)27)18-7-5-6-17(12-18)15(3)25/h5-7,10-13,15-16H,4,8-9H2,1-3H3. The zero-order chi connectivity index (χ0) is 20.7. The number of fused-ring (bicyclic) bond motifs is 1. The average Bonchev–Trinajstić information content (AvgIpc) is 3.54. The molecule has 0 aliphatic heterocycles. The highest BCUT2D eigenvalue weighted by Gasteiger charge is 2.29. The van der Waals surface area contributed by atoms with Gasteiger partial charge < -0.3 is 4.74 Å². The van der Waals surface area contributed by atoms with E-state index in [-0.39, 0.29) is 22.6 Å². The smallest absolute Gasteiger partial charge is 0.343 e. The van der Waals surface area contributed by atoms with Gasteiger partial charge in [0.2, 0.25) is 0 Å². The number of halogens is 1. The summed E-state index contributed by atoms with van der Waals surface area (Å²) in [7, 11) is 0. The Morgan fingerprint density at radius 1 is 1.28 bits per heavy atom. The molecule has 5 heteroatoms. The predicted octanol–water partition coefficient (Wildman–Crippen LogP) is 5.78. The zero-order valence-electron chi connectivity index (χ0n) is 16.9. The van der Waals surface area contributed by atoms with Crippen LogP contribution in [0.1, 0.15) is 64.5 Å². The SMILES string of the molecule is CCOC(=O)c1cc(C2CC2)c2c(C)c(-c3cccc(C(C)Br)c3)ccn2c1=O. The van der Waals surface area contributed by atoms with Crippen molar-refractivity contribution in [3.8, 4) is 11.1 Å². The zero-order valence-corrected chi connectivity index (χ0v) is 18.5. The van der Waals surface area contributed by atoms with Crippen LogP contribution in [0.2, 0.25) is 0 Å². The molecule has 1 aromatic carbocycles. The second-order valence-corrected chi connectivity index (χ2v) is 9.00. The third kappa shape index (κ3) is 3.64. The molecule has 0 N–H and O–H groups in total. The maximum atomic E-state index is 13.0. The van der Waals surface area contributed by atoms with Gasteiger partial charge in [-0.1, -0.05) is 40.2 Å². The predicted molar refractivity (Wildman–Crippen MR) is 119 cm³/mol. The number of pyridine rings is 2. The van der Waals surface area contributed by atoms with Crippen molar-refractivity contribution in [3.05, 3.63) is 75.2 Å². The lowest BCUT2D eigenvalue weighted by atomic mass is 9.95. The summed E-state index contributed by atoms with van der Waals surface area (Å²) in [5.74, 6) is -0.156. The van der Waals surface area contributed by atoms with E-state index < -0.39 is 5.97 Å². The van der Waals surface area contributed by atoms with Crippen molar-refractivity contribution in [1.29, 1.82) is 0 Å². The van der Waals surface area contributed by atoms with Crippen LogP contribution < -0.4 is 5.56 Å². The van der Waals surface area contributed by atoms with Gasteiger partial charge in [0.1, 0.15) is 5.56 Å². The van der Waals surface area contributed by atoms with Crippen molar-refractivity contribution in [2.75, 3.05) is 6.61 Å². The van der Waals surface area contributed by atoms with Crippen molar-refractivity contribution in [3.63, 3.8) is 0 Å². The van der Waals surface area contributed by atoms with E-state index in [2.05, 4.69) is 54.0 Å². The summed E-state index contributed by atoms with van der Waals surface area (Å²) in [5.41, 5.74) is 6.27. The van der Waals surface area contributed by atoms with Crippen LogP contribution in [-0.2, 0) is 4.74 Å². The third-order valence-corrected chi connectivity index (χ3v) is 6.11. The molecule has 0 amide bonds. The van der Waals surface area contributed by atoms with E-state index in [4.69, 9.17) is 4.74 Å². The first-order valence-corrected chi connectivity index (χ1v) is 10.9. The van der Waals surface area contributed by atoms with Gasteiger partial charge in [0.05, 0.1) is 12.1 Å². The maximum Gasteiger partial charge on any atom is 0.343 e. The van der Waals surface area contributed by atoms with Gasteiger partial charge in [-0.05, 0) is 79.5 Å². The molecule has 1 atom stereocenters. The second kappa shape index (κ2) is 7.79. The number of aryl methyl sites for hydroxylation is 1. The summed E-state index contributed by atoms with van der Waals surface area (Å²) in [5, 5.41) is 0. The molecular weight excluding hydrogens is 430 g/mol. The van der Waals surface area contributed by atoms with Gasteiger partial charge in [-0.25, -0.2) is 4.79 Å². The molecule has 0 saturated heterocycles. The first-order chi connectivity index (χ1) is 13.9. The lowest BCUT2D eigenvalue weighted by Crippen LogP contribution is -2.25. The summed E-state index contributed by atoms with van der Waals surface area (Å²) < 4.78 is 6.74. The van der Waals surface area contributed by atoms with Crippen LogP contribution in [0.5, 0.6) is 0 Å². The fourth-order valence-electron chi connectivity index (χ4n) is 3.92. The van der Waals surface area contributed by atoms with Crippen LogP contribution in [0.3, 0.4) is 0 Å². The number of ether oxygens (including phenoxy) is 1. The molecule has 4 nitrogen and oxygen atoms in total. The van der Waals surface area contributed by atoms with Crippen molar-refractivity contribution >= 4 is 27.4 Å². The number of aromatic nitrogens is 1. The first-order valence-electron chi connectivity index (χ1n) is 10.0. The topological polar surface area (TPSA) is 47.8 Å². The number of alkyl halides is 1. The Morgan fingerprint density at radius 2 is 2.03 bits per heavy atom. The van der Waals surface area contributed by atoms with E-state index in [1.165, 1.54) is 5.56 Å². The fraction of sp³-hybridized carbons (Fsp3) is 0.333. The van der Waals surface area contributed by atoms with Crippen molar-refractivity contribution in [2.24, 2.45) is 0 Å². The molecule has 1 unspecified atom stereocenters. The highest BCUT2D eigenvalue weighted by molar-refractivity contribution is 9.09. The molecule has 0 radical (unpaired) electrons. The van der Waals surface area contributed by atoms with E-state index >= 15 is 0 Å². The van der Waals surface area contributed by atoms with Crippen molar-refractivity contribution < 1.29 is 9.53 Å². The summed E-state index contributed by atoms with van der Waals surface area (Å²) in [6, 6.07) is 12.2. The molecule has 0 bridgehead atoms. The van der Waals surface area contributed by atoms with E-state index in [1.807, 2.05) is 6.07 Å².